The average molecular weight is 461 g/mol. The Morgan fingerprint density at radius 1 is 1.27 bits per heavy atom. The van der Waals surface area contributed by atoms with Gasteiger partial charge in [-0.1, -0.05) is 30.3 Å². The van der Waals surface area contributed by atoms with Crippen molar-refractivity contribution in [2.24, 2.45) is 0 Å². The molecule has 2 aliphatic rings. The Morgan fingerprint density at radius 2 is 1.97 bits per heavy atom. The number of aliphatic hydroxyl groups is 1. The van der Waals surface area contributed by atoms with Gasteiger partial charge in [0.1, 0.15) is 5.60 Å². The molecule has 1 fully saturated rings. The molecule has 2 atom stereocenters. The number of amides is 2. The molecular weight excluding hydrogens is 428 g/mol. The zero-order valence-corrected chi connectivity index (χ0v) is 19.6. The molecule has 2 heterocycles. The van der Waals surface area contributed by atoms with E-state index in [0.717, 1.165) is 23.3 Å². The first-order valence-electron chi connectivity index (χ1n) is 11.1. The SMILES string of the molecule is CN(C(=O)OC(C)(C)C)C1=C(O)C(CCc2ccccc2)(C(=O)NCC2CCCO2)OC1=O. The maximum Gasteiger partial charge on any atom is 0.414 e. The summed E-state index contributed by atoms with van der Waals surface area (Å²) in [7, 11) is 1.29. The third-order valence-electron chi connectivity index (χ3n) is 5.56. The van der Waals surface area contributed by atoms with Gasteiger partial charge in [0.15, 0.2) is 11.5 Å². The molecule has 0 spiro atoms. The van der Waals surface area contributed by atoms with Crippen LogP contribution in [0.4, 0.5) is 4.79 Å². The number of esters is 1. The summed E-state index contributed by atoms with van der Waals surface area (Å²) in [5, 5.41) is 13.9. The number of aryl methyl sites for hydroxylation is 1. The summed E-state index contributed by atoms with van der Waals surface area (Å²) in [5.74, 6) is -2.24. The van der Waals surface area contributed by atoms with Crippen LogP contribution >= 0.6 is 0 Å². The largest absolute Gasteiger partial charge is 0.506 e. The van der Waals surface area contributed by atoms with Crippen LogP contribution in [0.15, 0.2) is 41.8 Å². The fourth-order valence-corrected chi connectivity index (χ4v) is 3.82. The first-order valence-corrected chi connectivity index (χ1v) is 11.1. The van der Waals surface area contributed by atoms with Gasteiger partial charge in [0.25, 0.3) is 5.91 Å². The zero-order valence-electron chi connectivity index (χ0n) is 19.6. The third kappa shape index (κ3) is 5.65. The van der Waals surface area contributed by atoms with Crippen LogP contribution in [0.5, 0.6) is 0 Å². The molecule has 9 heteroatoms. The number of aliphatic hydroxyl groups excluding tert-OH is 1. The number of rotatable bonds is 7. The lowest BCUT2D eigenvalue weighted by atomic mass is 9.91. The molecule has 1 aromatic rings. The summed E-state index contributed by atoms with van der Waals surface area (Å²) in [6.07, 6.45) is 1.09. The van der Waals surface area contributed by atoms with Gasteiger partial charge in [0.2, 0.25) is 5.60 Å². The van der Waals surface area contributed by atoms with Gasteiger partial charge in [-0.25, -0.2) is 9.59 Å². The number of ether oxygens (including phenoxy) is 3. The molecule has 0 aromatic heterocycles. The number of nitrogens with zero attached hydrogens (tertiary/aromatic N) is 1. The minimum atomic E-state index is -1.96. The number of hydrogen-bond donors (Lipinski definition) is 2. The van der Waals surface area contributed by atoms with Crippen molar-refractivity contribution in [3.63, 3.8) is 0 Å². The normalized spacial score (nSPS) is 22.8. The van der Waals surface area contributed by atoms with Crippen LogP contribution in [0.3, 0.4) is 0 Å². The molecule has 0 radical (unpaired) electrons. The Bertz CT molecular complexity index is 916. The van der Waals surface area contributed by atoms with E-state index in [4.69, 9.17) is 14.2 Å². The van der Waals surface area contributed by atoms with Gasteiger partial charge >= 0.3 is 12.1 Å². The molecular formula is C24H32N2O7. The van der Waals surface area contributed by atoms with Gasteiger partial charge in [-0.2, -0.15) is 0 Å². The van der Waals surface area contributed by atoms with E-state index in [2.05, 4.69) is 5.32 Å². The van der Waals surface area contributed by atoms with Crippen LogP contribution in [0.1, 0.15) is 45.6 Å². The predicted octanol–water partition coefficient (Wildman–Crippen LogP) is 2.85. The van der Waals surface area contributed by atoms with E-state index >= 15 is 0 Å². The molecule has 0 bridgehead atoms. The molecule has 180 valence electrons. The fourth-order valence-electron chi connectivity index (χ4n) is 3.82. The summed E-state index contributed by atoms with van der Waals surface area (Å²) < 4.78 is 16.4. The fraction of sp³-hybridized carbons (Fsp3) is 0.542. The van der Waals surface area contributed by atoms with Crippen molar-refractivity contribution in [2.45, 2.75) is 63.8 Å². The van der Waals surface area contributed by atoms with E-state index in [1.165, 1.54) is 7.05 Å². The lowest BCUT2D eigenvalue weighted by molar-refractivity contribution is -0.160. The number of carbonyl (C=O) groups is 3. The Labute approximate surface area is 193 Å². The van der Waals surface area contributed by atoms with E-state index in [9.17, 15) is 19.5 Å². The summed E-state index contributed by atoms with van der Waals surface area (Å²) in [6.45, 7) is 5.91. The van der Waals surface area contributed by atoms with E-state index in [1.54, 1.807) is 20.8 Å². The molecule has 0 aliphatic carbocycles. The smallest absolute Gasteiger partial charge is 0.414 e. The topological polar surface area (TPSA) is 114 Å². The van der Waals surface area contributed by atoms with Crippen LogP contribution in [0.2, 0.25) is 0 Å². The molecule has 0 saturated carbocycles. The van der Waals surface area contributed by atoms with Crippen molar-refractivity contribution in [3.8, 4) is 0 Å². The van der Waals surface area contributed by atoms with Gasteiger partial charge < -0.3 is 24.6 Å². The Morgan fingerprint density at radius 3 is 2.58 bits per heavy atom. The Hall–Kier alpha value is -3.07. The first kappa shape index (κ1) is 24.6. The first-order chi connectivity index (χ1) is 15.5. The molecule has 9 nitrogen and oxygen atoms in total. The summed E-state index contributed by atoms with van der Waals surface area (Å²) in [5.41, 5.74) is -2.28. The molecule has 3 rings (SSSR count). The minimum Gasteiger partial charge on any atom is -0.506 e. The molecule has 1 saturated heterocycles. The molecule has 2 unspecified atom stereocenters. The summed E-state index contributed by atoms with van der Waals surface area (Å²) >= 11 is 0. The third-order valence-corrected chi connectivity index (χ3v) is 5.56. The second kappa shape index (κ2) is 9.82. The highest BCUT2D eigenvalue weighted by Gasteiger charge is 2.56. The second-order valence-electron chi connectivity index (χ2n) is 9.28. The Balaban J connectivity index is 1.88. The average Bonchev–Trinajstić information content (AvgIpc) is 3.36. The Kier molecular flexibility index (Phi) is 7.31. The van der Waals surface area contributed by atoms with Crippen LogP contribution in [0.25, 0.3) is 0 Å². The van der Waals surface area contributed by atoms with Crippen molar-refractivity contribution in [3.05, 3.63) is 47.4 Å². The van der Waals surface area contributed by atoms with Crippen molar-refractivity contribution in [1.29, 1.82) is 0 Å². The van der Waals surface area contributed by atoms with Crippen molar-refractivity contribution < 1.29 is 33.7 Å². The van der Waals surface area contributed by atoms with E-state index < -0.39 is 40.6 Å². The van der Waals surface area contributed by atoms with Gasteiger partial charge in [0.05, 0.1) is 6.10 Å². The zero-order chi connectivity index (χ0) is 24.2. The van der Waals surface area contributed by atoms with Crippen molar-refractivity contribution >= 4 is 18.0 Å². The van der Waals surface area contributed by atoms with E-state index in [0.29, 0.717) is 13.0 Å². The van der Waals surface area contributed by atoms with Gasteiger partial charge in [0, 0.05) is 26.6 Å². The van der Waals surface area contributed by atoms with E-state index in [-0.39, 0.29) is 19.1 Å². The highest BCUT2D eigenvalue weighted by Crippen LogP contribution is 2.37. The quantitative estimate of drug-likeness (QED) is 0.602. The highest BCUT2D eigenvalue weighted by atomic mass is 16.6. The van der Waals surface area contributed by atoms with Crippen molar-refractivity contribution in [1.82, 2.24) is 10.2 Å². The molecule has 33 heavy (non-hydrogen) atoms. The molecule has 1 aromatic carbocycles. The number of hydrogen-bond acceptors (Lipinski definition) is 7. The lowest BCUT2D eigenvalue weighted by Crippen LogP contribution is -2.50. The van der Waals surface area contributed by atoms with Crippen LogP contribution in [0, 0.1) is 0 Å². The van der Waals surface area contributed by atoms with Gasteiger partial charge in [-0.15, -0.1) is 0 Å². The number of carbonyl (C=O) groups excluding carboxylic acids is 3. The van der Waals surface area contributed by atoms with Gasteiger partial charge in [-0.05, 0) is 45.6 Å². The molecule has 2 amide bonds. The second-order valence-corrected chi connectivity index (χ2v) is 9.28. The monoisotopic (exact) mass is 460 g/mol. The minimum absolute atomic E-state index is 0.00238. The lowest BCUT2D eigenvalue weighted by Gasteiger charge is -2.27. The van der Waals surface area contributed by atoms with Crippen molar-refractivity contribution in [2.75, 3.05) is 20.2 Å². The molecule has 2 aliphatic heterocycles. The maximum atomic E-state index is 13.3. The van der Waals surface area contributed by atoms with E-state index in [1.807, 2.05) is 30.3 Å². The van der Waals surface area contributed by atoms with Crippen LogP contribution in [-0.2, 0) is 30.2 Å². The van der Waals surface area contributed by atoms with Crippen LogP contribution in [-0.4, -0.2) is 65.5 Å². The number of cyclic esters (lactones) is 1. The number of benzene rings is 1. The van der Waals surface area contributed by atoms with Gasteiger partial charge in [-0.3, -0.25) is 9.69 Å². The molecule has 2 N–H and O–H groups in total. The maximum absolute atomic E-state index is 13.3. The van der Waals surface area contributed by atoms with Crippen LogP contribution < -0.4 is 5.32 Å². The highest BCUT2D eigenvalue weighted by molar-refractivity contribution is 6.02. The summed E-state index contributed by atoms with van der Waals surface area (Å²) in [6, 6.07) is 9.34. The number of nitrogens with one attached hydrogen (secondary N) is 1. The predicted molar refractivity (Wildman–Crippen MR) is 119 cm³/mol. The number of likely N-dealkylation sites (N-methyl/N-ethyl adjacent to an activating group) is 1. The standard InChI is InChI=1S/C24H32N2O7/c1-23(2,3)33-22(30)26(4)18-19(27)24(32-20(18)28,13-12-16-9-6-5-7-10-16)21(29)25-15-17-11-8-14-31-17/h5-7,9-10,17,27H,8,11-15H2,1-4H3,(H,25,29). The summed E-state index contributed by atoms with van der Waals surface area (Å²) in [4.78, 5) is 39.5.